The predicted molar refractivity (Wildman–Crippen MR) is 169 cm³/mol. The monoisotopic (exact) mass is 587 g/mol. The molecule has 2 aliphatic rings. The van der Waals surface area contributed by atoms with E-state index in [0.29, 0.717) is 25.1 Å². The largest absolute Gasteiger partial charge is 0.342 e. The first kappa shape index (κ1) is 35.5. The van der Waals surface area contributed by atoms with Crippen LogP contribution in [0, 0.1) is 11.3 Å². The molecule has 9 heteroatoms. The molecule has 0 spiro atoms. The summed E-state index contributed by atoms with van der Waals surface area (Å²) in [5.41, 5.74) is -0.0137. The van der Waals surface area contributed by atoms with E-state index in [1.807, 2.05) is 40.7 Å². The molecule has 9 nitrogen and oxygen atoms in total. The third-order valence-electron chi connectivity index (χ3n) is 8.72. The van der Waals surface area contributed by atoms with E-state index >= 15 is 0 Å². The third-order valence-corrected chi connectivity index (χ3v) is 8.72. The number of carbonyl (C=O) groups is 4. The highest BCUT2D eigenvalue weighted by Gasteiger charge is 2.40. The van der Waals surface area contributed by atoms with Crippen LogP contribution >= 0.6 is 0 Å². The molecule has 0 aromatic rings. The summed E-state index contributed by atoms with van der Waals surface area (Å²) in [5.74, 6) is -0.532. The van der Waals surface area contributed by atoms with Crippen LogP contribution in [0.1, 0.15) is 87.5 Å². The minimum atomic E-state index is -0.724. The SMILES string of the molecule is C=CCN(C)C(=O)[C@@H]1CCCN1C(=O)C(C)=C[C@H](C(C)C)N(C)C(=O)[C@@H](NC(=O)C1CCCCN1C(C)C)C(C)(C)C. The number of piperidine rings is 1. The maximum absolute atomic E-state index is 14.1. The summed E-state index contributed by atoms with van der Waals surface area (Å²) in [6.07, 6.45) is 7.78. The zero-order chi connectivity index (χ0) is 31.9. The van der Waals surface area contributed by atoms with Gasteiger partial charge in [-0.1, -0.05) is 53.2 Å². The maximum Gasteiger partial charge on any atom is 0.249 e. The number of nitrogens with one attached hydrogen (secondary N) is 1. The average Bonchev–Trinajstić information content (AvgIpc) is 3.41. The number of likely N-dealkylation sites (N-methyl/N-ethyl adjacent to an activating group) is 2. The highest BCUT2D eigenvalue weighted by atomic mass is 16.2. The fourth-order valence-electron chi connectivity index (χ4n) is 6.20. The lowest BCUT2D eigenvalue weighted by Crippen LogP contribution is -2.60. The van der Waals surface area contributed by atoms with Crippen LogP contribution in [-0.4, -0.2) is 107 Å². The summed E-state index contributed by atoms with van der Waals surface area (Å²) < 4.78 is 0. The molecule has 2 heterocycles. The zero-order valence-electron chi connectivity index (χ0n) is 27.9. The van der Waals surface area contributed by atoms with Gasteiger partial charge in [0.1, 0.15) is 12.1 Å². The summed E-state index contributed by atoms with van der Waals surface area (Å²) in [6, 6.07) is -1.59. The van der Waals surface area contributed by atoms with Crippen molar-refractivity contribution in [3.05, 3.63) is 24.3 Å². The first-order valence-electron chi connectivity index (χ1n) is 15.7. The van der Waals surface area contributed by atoms with Crippen molar-refractivity contribution in [1.29, 1.82) is 0 Å². The van der Waals surface area contributed by atoms with E-state index in [2.05, 4.69) is 30.6 Å². The summed E-state index contributed by atoms with van der Waals surface area (Å²) in [6.45, 7) is 21.4. The number of hydrogen-bond acceptors (Lipinski definition) is 5. The molecule has 1 N–H and O–H groups in total. The van der Waals surface area contributed by atoms with E-state index in [0.717, 1.165) is 32.2 Å². The van der Waals surface area contributed by atoms with Crippen molar-refractivity contribution in [2.45, 2.75) is 118 Å². The smallest absolute Gasteiger partial charge is 0.249 e. The van der Waals surface area contributed by atoms with Gasteiger partial charge in [-0.2, -0.15) is 0 Å². The number of likely N-dealkylation sites (tertiary alicyclic amines) is 2. The van der Waals surface area contributed by atoms with Crippen molar-refractivity contribution >= 4 is 23.6 Å². The molecule has 0 aromatic heterocycles. The number of carbonyl (C=O) groups excluding carboxylic acids is 4. The van der Waals surface area contributed by atoms with Gasteiger partial charge in [-0.3, -0.25) is 24.1 Å². The Balaban J connectivity index is 2.27. The Bertz CT molecular complexity index is 1010. The molecule has 0 bridgehead atoms. The van der Waals surface area contributed by atoms with Crippen LogP contribution in [0.2, 0.25) is 0 Å². The number of hydrogen-bond donors (Lipinski definition) is 1. The van der Waals surface area contributed by atoms with Crippen molar-refractivity contribution in [3.8, 4) is 0 Å². The Morgan fingerprint density at radius 3 is 2.14 bits per heavy atom. The van der Waals surface area contributed by atoms with E-state index < -0.39 is 17.5 Å². The molecule has 0 radical (unpaired) electrons. The van der Waals surface area contributed by atoms with Crippen LogP contribution < -0.4 is 5.32 Å². The molecule has 4 amide bonds. The highest BCUT2D eigenvalue weighted by molar-refractivity contribution is 5.97. The fraction of sp³-hybridized carbons (Fsp3) is 0.758. The molecule has 2 fully saturated rings. The molecule has 2 saturated heterocycles. The Morgan fingerprint density at radius 1 is 0.976 bits per heavy atom. The first-order valence-corrected chi connectivity index (χ1v) is 15.7. The third kappa shape index (κ3) is 8.68. The second-order valence-corrected chi connectivity index (χ2v) is 13.8. The van der Waals surface area contributed by atoms with E-state index in [9.17, 15) is 19.2 Å². The van der Waals surface area contributed by atoms with Gasteiger partial charge >= 0.3 is 0 Å². The number of rotatable bonds is 11. The molecule has 2 aliphatic heterocycles. The van der Waals surface area contributed by atoms with Crippen LogP contribution in [0.5, 0.6) is 0 Å². The van der Waals surface area contributed by atoms with Gasteiger partial charge in [0.25, 0.3) is 0 Å². The average molecular weight is 588 g/mol. The van der Waals surface area contributed by atoms with Crippen LogP contribution in [0.4, 0.5) is 0 Å². The molecule has 42 heavy (non-hydrogen) atoms. The fourth-order valence-corrected chi connectivity index (χ4v) is 6.20. The van der Waals surface area contributed by atoms with Crippen LogP contribution in [-0.2, 0) is 19.2 Å². The molecular formula is C33H57N5O4. The zero-order valence-corrected chi connectivity index (χ0v) is 27.9. The summed E-state index contributed by atoms with van der Waals surface area (Å²) >= 11 is 0. The lowest BCUT2D eigenvalue weighted by molar-refractivity contribution is -0.142. The van der Waals surface area contributed by atoms with Gasteiger partial charge in [-0.15, -0.1) is 6.58 Å². The number of amides is 4. The molecule has 0 saturated carbocycles. The van der Waals surface area contributed by atoms with Crippen molar-refractivity contribution in [3.63, 3.8) is 0 Å². The lowest BCUT2D eigenvalue weighted by Gasteiger charge is -2.41. The molecule has 4 atom stereocenters. The molecule has 1 unspecified atom stereocenters. The van der Waals surface area contributed by atoms with Gasteiger partial charge in [-0.05, 0) is 64.3 Å². The molecular weight excluding hydrogens is 530 g/mol. The van der Waals surface area contributed by atoms with E-state index in [-0.39, 0.29) is 47.7 Å². The molecule has 0 aliphatic carbocycles. The van der Waals surface area contributed by atoms with Gasteiger partial charge in [0.2, 0.25) is 23.6 Å². The topological polar surface area (TPSA) is 93.3 Å². The normalized spacial score (nSPS) is 21.7. The standard InChI is InChI=1S/C33H57N5O4/c1-12-18-35(10)31(41)26-17-15-20-38(26)30(40)24(6)21-27(22(2)3)36(11)32(42)28(33(7,8)9)34-29(39)25-16-13-14-19-37(25)23(4)5/h12,21-23,25-28H,1,13-20H2,2-11H3,(H,34,39)/t25?,26-,27+,28+/m0/s1. The predicted octanol–water partition coefficient (Wildman–Crippen LogP) is 3.84. The van der Waals surface area contributed by atoms with Gasteiger partial charge in [0.05, 0.1) is 12.1 Å². The van der Waals surface area contributed by atoms with Crippen LogP contribution in [0.25, 0.3) is 0 Å². The Labute approximate surface area is 254 Å². The summed E-state index contributed by atoms with van der Waals surface area (Å²) in [7, 11) is 3.47. The van der Waals surface area contributed by atoms with Gasteiger partial charge in [0, 0.05) is 38.8 Å². The quantitative estimate of drug-likeness (QED) is 0.293. The minimum Gasteiger partial charge on any atom is -0.342 e. The van der Waals surface area contributed by atoms with Gasteiger partial charge < -0.3 is 20.0 Å². The Hall–Kier alpha value is -2.68. The van der Waals surface area contributed by atoms with Gasteiger partial charge in [-0.25, -0.2) is 0 Å². The van der Waals surface area contributed by atoms with Crippen molar-refractivity contribution in [2.24, 2.45) is 11.3 Å². The first-order chi connectivity index (χ1) is 19.5. The van der Waals surface area contributed by atoms with Crippen LogP contribution in [0.3, 0.4) is 0 Å². The molecule has 0 aromatic carbocycles. The van der Waals surface area contributed by atoms with Crippen LogP contribution in [0.15, 0.2) is 24.3 Å². The van der Waals surface area contributed by atoms with E-state index in [1.165, 1.54) is 0 Å². The minimum absolute atomic E-state index is 0.0162. The second-order valence-electron chi connectivity index (χ2n) is 13.8. The summed E-state index contributed by atoms with van der Waals surface area (Å²) in [5, 5.41) is 3.13. The molecule has 238 valence electrons. The number of nitrogens with zero attached hydrogens (tertiary/aromatic N) is 4. The second kappa shape index (κ2) is 15.2. The highest BCUT2D eigenvalue weighted by Crippen LogP contribution is 2.27. The summed E-state index contributed by atoms with van der Waals surface area (Å²) in [4.78, 5) is 61.4. The van der Waals surface area contributed by atoms with Crippen molar-refractivity contribution in [1.82, 2.24) is 24.9 Å². The lowest BCUT2D eigenvalue weighted by atomic mass is 9.84. The Kier molecular flexibility index (Phi) is 12.8. The van der Waals surface area contributed by atoms with Gasteiger partial charge in [0.15, 0.2) is 0 Å². The van der Waals surface area contributed by atoms with Crippen molar-refractivity contribution in [2.75, 3.05) is 33.7 Å². The van der Waals surface area contributed by atoms with Crippen molar-refractivity contribution < 1.29 is 19.2 Å². The van der Waals surface area contributed by atoms with E-state index in [4.69, 9.17) is 0 Å². The molecule has 2 rings (SSSR count). The Morgan fingerprint density at radius 2 is 1.60 bits per heavy atom. The van der Waals surface area contributed by atoms with E-state index in [1.54, 1.807) is 41.8 Å². The maximum atomic E-state index is 14.1.